The summed E-state index contributed by atoms with van der Waals surface area (Å²) in [5, 5.41) is 2.57. The maximum Gasteiger partial charge on any atom is 0.256 e. The molecular formula is C14H6Cl2FNO2S. The number of amides is 1. The zero-order chi connectivity index (χ0) is 15.1. The highest BCUT2D eigenvalue weighted by Crippen LogP contribution is 2.35. The van der Waals surface area contributed by atoms with E-state index in [0.29, 0.717) is 15.6 Å². The molecule has 1 N–H and O–H groups in total. The predicted molar refractivity (Wildman–Crippen MR) is 81.7 cm³/mol. The van der Waals surface area contributed by atoms with Crippen LogP contribution < -0.4 is 5.32 Å². The van der Waals surface area contributed by atoms with Gasteiger partial charge in [-0.25, -0.2) is 4.39 Å². The minimum absolute atomic E-state index is 0.105. The minimum atomic E-state index is -0.486. The van der Waals surface area contributed by atoms with Crippen molar-refractivity contribution in [3.8, 4) is 0 Å². The Morgan fingerprint density at radius 2 is 2.05 bits per heavy atom. The fraction of sp³-hybridized carbons (Fsp3) is 0. The molecule has 1 aromatic carbocycles. The number of halogens is 3. The maximum absolute atomic E-state index is 13.3. The molecule has 1 aromatic heterocycles. The van der Waals surface area contributed by atoms with Gasteiger partial charge in [-0.3, -0.25) is 9.59 Å². The van der Waals surface area contributed by atoms with Crippen LogP contribution in [0.25, 0.3) is 5.57 Å². The second-order valence-electron chi connectivity index (χ2n) is 4.30. The van der Waals surface area contributed by atoms with Gasteiger partial charge in [0.05, 0.1) is 15.5 Å². The smallest absolute Gasteiger partial charge is 0.256 e. The van der Waals surface area contributed by atoms with Gasteiger partial charge in [-0.2, -0.15) is 0 Å². The molecule has 21 heavy (non-hydrogen) atoms. The monoisotopic (exact) mass is 341 g/mol. The van der Waals surface area contributed by atoms with E-state index >= 15 is 0 Å². The van der Waals surface area contributed by atoms with E-state index in [-0.39, 0.29) is 15.5 Å². The van der Waals surface area contributed by atoms with E-state index in [0.717, 1.165) is 17.4 Å². The summed E-state index contributed by atoms with van der Waals surface area (Å²) in [6.45, 7) is 0. The lowest BCUT2D eigenvalue weighted by molar-refractivity contribution is -0.110. The van der Waals surface area contributed by atoms with Crippen molar-refractivity contribution in [2.45, 2.75) is 0 Å². The molecule has 2 aromatic rings. The van der Waals surface area contributed by atoms with Crippen molar-refractivity contribution < 1.29 is 14.0 Å². The number of nitrogens with one attached hydrogen (secondary N) is 1. The van der Waals surface area contributed by atoms with Crippen LogP contribution in [0.2, 0.25) is 8.67 Å². The number of rotatable bonds is 2. The van der Waals surface area contributed by atoms with Crippen molar-refractivity contribution in [3.63, 3.8) is 0 Å². The number of ketones is 1. The van der Waals surface area contributed by atoms with E-state index in [1.807, 2.05) is 0 Å². The van der Waals surface area contributed by atoms with Gasteiger partial charge in [-0.05, 0) is 30.3 Å². The second kappa shape index (κ2) is 5.26. The average molecular weight is 342 g/mol. The van der Waals surface area contributed by atoms with Crippen LogP contribution in [0.4, 0.5) is 10.1 Å². The van der Waals surface area contributed by atoms with Crippen molar-refractivity contribution in [1.29, 1.82) is 0 Å². The molecule has 1 aliphatic heterocycles. The summed E-state index contributed by atoms with van der Waals surface area (Å²) in [6.07, 6.45) is 1.14. The van der Waals surface area contributed by atoms with Gasteiger partial charge in [0.1, 0.15) is 10.2 Å². The largest absolute Gasteiger partial charge is 0.321 e. The van der Waals surface area contributed by atoms with E-state index in [9.17, 15) is 14.0 Å². The topological polar surface area (TPSA) is 46.2 Å². The molecule has 0 saturated carbocycles. The van der Waals surface area contributed by atoms with Gasteiger partial charge < -0.3 is 5.32 Å². The van der Waals surface area contributed by atoms with E-state index in [2.05, 4.69) is 5.32 Å². The van der Waals surface area contributed by atoms with Gasteiger partial charge in [-0.1, -0.05) is 23.2 Å². The lowest BCUT2D eigenvalue weighted by atomic mass is 10.0. The number of fused-ring (bicyclic) bond motifs is 1. The van der Waals surface area contributed by atoms with Gasteiger partial charge >= 0.3 is 0 Å². The standard InChI is InChI=1S/C14H6Cl2FNO2S/c15-12-5-9(13(16)21-12)11(19)4-8-7-3-6(17)1-2-10(7)18-14(8)20/h1-5H,(H,18,20)/b8-4+. The molecule has 0 bridgehead atoms. The number of carbonyl (C=O) groups is 2. The molecule has 0 saturated heterocycles. The third-order valence-corrected chi connectivity index (χ3v) is 4.45. The van der Waals surface area contributed by atoms with Crippen molar-refractivity contribution in [2.75, 3.05) is 5.32 Å². The average Bonchev–Trinajstić information content (AvgIpc) is 2.90. The first-order chi connectivity index (χ1) is 9.95. The fourth-order valence-electron chi connectivity index (χ4n) is 2.02. The van der Waals surface area contributed by atoms with Gasteiger partial charge in [0.2, 0.25) is 0 Å². The molecule has 7 heteroatoms. The van der Waals surface area contributed by atoms with E-state index in [1.165, 1.54) is 24.3 Å². The molecule has 0 spiro atoms. The van der Waals surface area contributed by atoms with Crippen molar-refractivity contribution in [1.82, 2.24) is 0 Å². The number of anilines is 1. The molecule has 1 amide bonds. The van der Waals surface area contributed by atoms with Crippen LogP contribution in [0.5, 0.6) is 0 Å². The number of hydrogen-bond donors (Lipinski definition) is 1. The summed E-state index contributed by atoms with van der Waals surface area (Å²) >= 11 is 12.8. The highest BCUT2D eigenvalue weighted by Gasteiger charge is 2.26. The third-order valence-electron chi connectivity index (χ3n) is 2.96. The van der Waals surface area contributed by atoms with Crippen molar-refractivity contribution >= 4 is 57.5 Å². The van der Waals surface area contributed by atoms with E-state index in [1.54, 1.807) is 0 Å². The summed E-state index contributed by atoms with van der Waals surface area (Å²) in [4.78, 5) is 24.1. The lowest BCUT2D eigenvalue weighted by Crippen LogP contribution is -2.05. The SMILES string of the molecule is O=C1Nc2ccc(F)cc2/C1=C\C(=O)c1cc(Cl)sc1Cl. The Morgan fingerprint density at radius 1 is 1.29 bits per heavy atom. The molecule has 106 valence electrons. The van der Waals surface area contributed by atoms with Crippen LogP contribution in [-0.2, 0) is 4.79 Å². The first kappa shape index (κ1) is 14.3. The summed E-state index contributed by atoms with van der Waals surface area (Å²) in [5.74, 6) is -1.40. The summed E-state index contributed by atoms with van der Waals surface area (Å²) in [6, 6.07) is 5.32. The van der Waals surface area contributed by atoms with E-state index < -0.39 is 17.5 Å². The van der Waals surface area contributed by atoms with Gasteiger partial charge in [0.25, 0.3) is 5.91 Å². The number of carbonyl (C=O) groups excluding carboxylic acids is 2. The minimum Gasteiger partial charge on any atom is -0.321 e. The maximum atomic E-state index is 13.3. The third kappa shape index (κ3) is 2.60. The zero-order valence-corrected chi connectivity index (χ0v) is 12.6. The Balaban J connectivity index is 2.04. The van der Waals surface area contributed by atoms with Gasteiger partial charge in [-0.15, -0.1) is 11.3 Å². The summed E-state index contributed by atoms with van der Waals surface area (Å²) in [7, 11) is 0. The van der Waals surface area contributed by atoms with Crippen LogP contribution in [0, 0.1) is 5.82 Å². The molecular weight excluding hydrogens is 336 g/mol. The molecule has 1 aliphatic rings. The predicted octanol–water partition coefficient (Wildman–Crippen LogP) is 4.41. The highest BCUT2D eigenvalue weighted by atomic mass is 35.5. The molecule has 0 atom stereocenters. The van der Waals surface area contributed by atoms with Crippen molar-refractivity contribution in [3.05, 3.63) is 56.0 Å². The zero-order valence-electron chi connectivity index (χ0n) is 10.2. The second-order valence-corrected chi connectivity index (χ2v) is 6.59. The quantitative estimate of drug-likeness (QED) is 0.649. The van der Waals surface area contributed by atoms with Crippen LogP contribution in [-0.4, -0.2) is 11.7 Å². The van der Waals surface area contributed by atoms with Gasteiger partial charge in [0, 0.05) is 11.3 Å². The Morgan fingerprint density at radius 3 is 2.71 bits per heavy atom. The Kier molecular flexibility index (Phi) is 3.57. The molecule has 2 heterocycles. The first-order valence-electron chi connectivity index (χ1n) is 5.78. The molecule has 3 nitrogen and oxygen atoms in total. The molecule has 0 unspecified atom stereocenters. The number of benzene rings is 1. The normalized spacial score (nSPS) is 15.2. The molecule has 0 aliphatic carbocycles. The Labute approximate surface area is 133 Å². The number of allylic oxidation sites excluding steroid dienone is 1. The molecule has 3 rings (SSSR count). The fourth-order valence-corrected chi connectivity index (χ4v) is 3.49. The van der Waals surface area contributed by atoms with E-state index in [4.69, 9.17) is 23.2 Å². The van der Waals surface area contributed by atoms with Crippen LogP contribution in [0.3, 0.4) is 0 Å². The van der Waals surface area contributed by atoms with Gasteiger partial charge in [0.15, 0.2) is 5.78 Å². The summed E-state index contributed by atoms with van der Waals surface area (Å²) in [5.41, 5.74) is 1.14. The van der Waals surface area contributed by atoms with Crippen LogP contribution in [0.1, 0.15) is 15.9 Å². The van der Waals surface area contributed by atoms with Crippen molar-refractivity contribution in [2.24, 2.45) is 0 Å². The number of thiophene rings is 1. The molecule has 0 fully saturated rings. The van der Waals surface area contributed by atoms with Crippen LogP contribution >= 0.6 is 34.5 Å². The molecule has 0 radical (unpaired) electrons. The number of hydrogen-bond acceptors (Lipinski definition) is 3. The van der Waals surface area contributed by atoms with Crippen LogP contribution in [0.15, 0.2) is 30.3 Å². The Bertz CT molecular complexity index is 813. The highest BCUT2D eigenvalue weighted by molar-refractivity contribution is 7.20. The Hall–Kier alpha value is -1.69. The first-order valence-corrected chi connectivity index (χ1v) is 7.35. The lowest BCUT2D eigenvalue weighted by Gasteiger charge is -1.98. The summed E-state index contributed by atoms with van der Waals surface area (Å²) < 4.78 is 13.9.